The molecule has 0 saturated carbocycles. The molecule has 0 aliphatic carbocycles. The first-order chi connectivity index (χ1) is 20.5. The fourth-order valence-electron chi connectivity index (χ4n) is 4.32. The molecule has 3 aromatic carbocycles. The van der Waals surface area contributed by atoms with Crippen molar-refractivity contribution in [3.05, 3.63) is 66.7 Å². The van der Waals surface area contributed by atoms with Crippen molar-refractivity contribution < 1.29 is 30.7 Å². The van der Waals surface area contributed by atoms with Crippen molar-refractivity contribution >= 4 is 71.0 Å². The van der Waals surface area contributed by atoms with E-state index in [2.05, 4.69) is 30.6 Å². The van der Waals surface area contributed by atoms with Gasteiger partial charge in [0.25, 0.3) is 20.2 Å². The SMILES string of the molecule is O=S(=O)(O)c1cccc(Nc2nc(Nc3ccc(S(=O)(=O)O)cc3-c3nc4ccccc4s3)nc(N3CCOCC3)n2)c1. The van der Waals surface area contributed by atoms with Crippen LogP contribution < -0.4 is 15.5 Å². The monoisotopic (exact) mass is 641 g/mol. The Balaban J connectivity index is 1.42. The van der Waals surface area contributed by atoms with Gasteiger partial charge < -0.3 is 20.3 Å². The molecule has 1 aliphatic heterocycles. The Morgan fingerprint density at radius 3 is 2.19 bits per heavy atom. The third-order valence-electron chi connectivity index (χ3n) is 6.37. The number of fused-ring (bicyclic) bond motifs is 1. The quantitative estimate of drug-likeness (QED) is 0.178. The van der Waals surface area contributed by atoms with Crippen LogP contribution in [0.5, 0.6) is 0 Å². The summed E-state index contributed by atoms with van der Waals surface area (Å²) in [6.45, 7) is 1.96. The number of benzene rings is 3. The molecule has 1 aliphatic rings. The fraction of sp³-hybridized carbons (Fsp3) is 0.154. The maximum Gasteiger partial charge on any atom is 0.294 e. The van der Waals surface area contributed by atoms with Crippen LogP contribution in [0.15, 0.2) is 76.5 Å². The average molecular weight is 642 g/mol. The predicted molar refractivity (Wildman–Crippen MR) is 161 cm³/mol. The summed E-state index contributed by atoms with van der Waals surface area (Å²) in [4.78, 5) is 19.5. The molecular weight excluding hydrogens is 619 g/mol. The van der Waals surface area contributed by atoms with Crippen molar-refractivity contribution in [2.75, 3.05) is 41.8 Å². The molecule has 6 rings (SSSR count). The molecule has 17 heteroatoms. The largest absolute Gasteiger partial charge is 0.378 e. The van der Waals surface area contributed by atoms with E-state index in [1.54, 1.807) is 6.07 Å². The number of hydrogen-bond donors (Lipinski definition) is 4. The first-order valence-electron chi connectivity index (χ1n) is 12.7. The minimum Gasteiger partial charge on any atom is -0.378 e. The van der Waals surface area contributed by atoms with Gasteiger partial charge in [-0.1, -0.05) is 18.2 Å². The van der Waals surface area contributed by atoms with E-state index in [1.807, 2.05) is 29.2 Å². The molecule has 0 unspecified atom stereocenters. The van der Waals surface area contributed by atoms with Gasteiger partial charge >= 0.3 is 0 Å². The van der Waals surface area contributed by atoms with Crippen LogP contribution >= 0.6 is 11.3 Å². The van der Waals surface area contributed by atoms with Crippen LogP contribution in [-0.4, -0.2) is 72.2 Å². The van der Waals surface area contributed by atoms with Crippen LogP contribution in [-0.2, 0) is 25.0 Å². The lowest BCUT2D eigenvalue weighted by Gasteiger charge is -2.27. The number of morpholine rings is 1. The van der Waals surface area contributed by atoms with E-state index >= 15 is 0 Å². The zero-order chi connectivity index (χ0) is 30.2. The maximum absolute atomic E-state index is 12.0. The van der Waals surface area contributed by atoms with Gasteiger partial charge in [0.15, 0.2) is 0 Å². The number of para-hydroxylation sites is 1. The first kappa shape index (κ1) is 28.8. The van der Waals surface area contributed by atoms with E-state index in [1.165, 1.54) is 47.7 Å². The second kappa shape index (κ2) is 11.4. The van der Waals surface area contributed by atoms with Crippen LogP contribution in [0, 0.1) is 0 Å². The Kier molecular flexibility index (Phi) is 7.67. The number of nitrogens with one attached hydrogen (secondary N) is 2. The molecule has 0 spiro atoms. The highest BCUT2D eigenvalue weighted by Gasteiger charge is 2.21. The second-order valence-corrected chi connectivity index (χ2v) is 13.2. The lowest BCUT2D eigenvalue weighted by Crippen LogP contribution is -2.37. The van der Waals surface area contributed by atoms with Crippen molar-refractivity contribution in [2.24, 2.45) is 0 Å². The molecule has 5 aromatic rings. The normalized spacial score (nSPS) is 14.1. The summed E-state index contributed by atoms with van der Waals surface area (Å²) in [5.41, 5.74) is 1.82. The predicted octanol–water partition coefficient (Wildman–Crippen LogP) is 3.97. The zero-order valence-corrected chi connectivity index (χ0v) is 24.5. The molecular formula is C26H23N7O7S3. The highest BCUT2D eigenvalue weighted by Crippen LogP contribution is 2.37. The number of ether oxygens (including phenoxy) is 1. The van der Waals surface area contributed by atoms with E-state index in [9.17, 15) is 25.9 Å². The second-order valence-electron chi connectivity index (χ2n) is 9.30. The zero-order valence-electron chi connectivity index (χ0n) is 22.1. The van der Waals surface area contributed by atoms with E-state index in [0.29, 0.717) is 54.2 Å². The molecule has 0 amide bonds. The van der Waals surface area contributed by atoms with Crippen LogP contribution in [0.2, 0.25) is 0 Å². The Morgan fingerprint density at radius 2 is 1.47 bits per heavy atom. The third-order valence-corrected chi connectivity index (χ3v) is 9.13. The van der Waals surface area contributed by atoms with Crippen LogP contribution in [0.1, 0.15) is 0 Å². The van der Waals surface area contributed by atoms with Gasteiger partial charge in [-0.15, -0.1) is 11.3 Å². The van der Waals surface area contributed by atoms with E-state index < -0.39 is 20.2 Å². The van der Waals surface area contributed by atoms with Crippen LogP contribution in [0.3, 0.4) is 0 Å². The van der Waals surface area contributed by atoms with Gasteiger partial charge in [0.2, 0.25) is 17.8 Å². The standard InChI is InChI=1S/C26H23N7O7S3/c34-42(35,36)17-5-3-4-16(14-17)27-24-30-25(32-26(31-24)33-10-12-40-13-11-33)29-20-9-8-18(43(37,38)39)15-19(20)23-28-21-6-1-2-7-22(21)41-23/h1-9,14-15H,10-13H2,(H,34,35,36)(H,37,38,39)(H2,27,29,30,31,32). The van der Waals surface area contributed by atoms with Gasteiger partial charge in [0.05, 0.1) is 38.9 Å². The molecule has 3 heterocycles. The Bertz CT molecular complexity index is 2010. The first-order valence-corrected chi connectivity index (χ1v) is 16.4. The Morgan fingerprint density at radius 1 is 0.767 bits per heavy atom. The third kappa shape index (κ3) is 6.56. The molecule has 1 saturated heterocycles. The molecule has 43 heavy (non-hydrogen) atoms. The number of hydrogen-bond acceptors (Lipinski definition) is 13. The molecule has 222 valence electrons. The van der Waals surface area contributed by atoms with Crippen LogP contribution in [0.25, 0.3) is 20.8 Å². The van der Waals surface area contributed by atoms with Gasteiger partial charge in [0.1, 0.15) is 5.01 Å². The molecule has 0 bridgehead atoms. The smallest absolute Gasteiger partial charge is 0.294 e. The van der Waals surface area contributed by atoms with E-state index in [4.69, 9.17) is 4.74 Å². The maximum atomic E-state index is 12.0. The number of nitrogens with zero attached hydrogens (tertiary/aromatic N) is 5. The number of anilines is 5. The average Bonchev–Trinajstić information content (AvgIpc) is 3.41. The summed E-state index contributed by atoms with van der Waals surface area (Å²) in [5, 5.41) is 6.58. The molecule has 1 fully saturated rings. The lowest BCUT2D eigenvalue weighted by molar-refractivity contribution is 0.122. The van der Waals surface area contributed by atoms with Gasteiger partial charge in [-0.25, -0.2) is 4.98 Å². The van der Waals surface area contributed by atoms with Gasteiger partial charge in [-0.05, 0) is 48.5 Å². The highest BCUT2D eigenvalue weighted by molar-refractivity contribution is 7.86. The summed E-state index contributed by atoms with van der Waals surface area (Å²) >= 11 is 1.34. The van der Waals surface area contributed by atoms with E-state index in [0.717, 1.165) is 10.2 Å². The number of thiazole rings is 1. The van der Waals surface area contributed by atoms with Crippen molar-refractivity contribution in [3.8, 4) is 10.6 Å². The number of aromatic nitrogens is 4. The van der Waals surface area contributed by atoms with Crippen molar-refractivity contribution in [2.45, 2.75) is 9.79 Å². The molecule has 2 aromatic heterocycles. The minimum absolute atomic E-state index is 0.0718. The van der Waals surface area contributed by atoms with Crippen LogP contribution in [0.4, 0.5) is 29.2 Å². The fourth-order valence-corrected chi connectivity index (χ4v) is 6.35. The summed E-state index contributed by atoms with van der Waals surface area (Å²) < 4.78 is 72.8. The summed E-state index contributed by atoms with van der Waals surface area (Å²) in [6, 6.07) is 17.0. The summed E-state index contributed by atoms with van der Waals surface area (Å²) in [5.74, 6) is 0.472. The highest BCUT2D eigenvalue weighted by atomic mass is 32.2. The van der Waals surface area contributed by atoms with Crippen molar-refractivity contribution in [1.29, 1.82) is 0 Å². The molecule has 0 radical (unpaired) electrons. The lowest BCUT2D eigenvalue weighted by atomic mass is 10.2. The Hall–Kier alpha value is -4.26. The molecule has 0 atom stereocenters. The Labute approximate surface area is 249 Å². The van der Waals surface area contributed by atoms with E-state index in [-0.39, 0.29) is 21.7 Å². The van der Waals surface area contributed by atoms with Crippen molar-refractivity contribution in [1.82, 2.24) is 19.9 Å². The summed E-state index contributed by atoms with van der Waals surface area (Å²) in [7, 11) is -8.95. The molecule has 14 nitrogen and oxygen atoms in total. The van der Waals surface area contributed by atoms with Gasteiger partial charge in [0, 0.05) is 24.3 Å². The minimum atomic E-state index is -4.51. The number of rotatable bonds is 8. The van der Waals surface area contributed by atoms with Gasteiger partial charge in [-0.2, -0.15) is 31.8 Å². The summed E-state index contributed by atoms with van der Waals surface area (Å²) in [6.07, 6.45) is 0. The van der Waals surface area contributed by atoms with Gasteiger partial charge in [-0.3, -0.25) is 9.11 Å². The van der Waals surface area contributed by atoms with Crippen molar-refractivity contribution in [3.63, 3.8) is 0 Å². The molecule has 4 N–H and O–H groups in total. The topological polar surface area (TPSA) is 197 Å².